The van der Waals surface area contributed by atoms with Gasteiger partial charge in [0, 0.05) is 6.54 Å². The summed E-state index contributed by atoms with van der Waals surface area (Å²) in [5, 5.41) is 0. The lowest BCUT2D eigenvalue weighted by molar-refractivity contribution is -0.149. The van der Waals surface area contributed by atoms with E-state index in [4.69, 9.17) is 5.73 Å². The number of carbonyl (C=O) groups excluding carboxylic acids is 2. The van der Waals surface area contributed by atoms with E-state index in [1.54, 1.807) is 0 Å². The summed E-state index contributed by atoms with van der Waals surface area (Å²) in [6.45, 7) is 0.294. The molecular weight excluding hydrogens is 236 g/mol. The first-order valence-electron chi connectivity index (χ1n) is 5.59. The Bertz CT molecular complexity index is 381. The number of aryl methyl sites for hydroxylation is 1. The lowest BCUT2D eigenvalue weighted by Gasteiger charge is -2.06. The molecule has 3 N–H and O–H groups in total. The molecule has 98 valence electrons. The highest BCUT2D eigenvalue weighted by atomic mass is 16.7. The molecule has 0 atom stereocenters. The number of carbonyl (C=O) groups is 2. The van der Waals surface area contributed by atoms with Crippen molar-refractivity contribution in [1.82, 2.24) is 5.48 Å². The lowest BCUT2D eigenvalue weighted by Crippen LogP contribution is -2.29. The molecule has 0 heterocycles. The van der Waals surface area contributed by atoms with Gasteiger partial charge in [0.05, 0.1) is 6.42 Å². The topological polar surface area (TPSA) is 90.7 Å². The lowest BCUT2D eigenvalue weighted by atomic mass is 10.1. The van der Waals surface area contributed by atoms with Crippen LogP contribution in [0.1, 0.15) is 12.0 Å². The van der Waals surface area contributed by atoms with Crippen LogP contribution in [0, 0.1) is 0 Å². The molecule has 0 unspecified atom stereocenters. The van der Waals surface area contributed by atoms with E-state index in [9.17, 15) is 9.59 Å². The van der Waals surface area contributed by atoms with Crippen molar-refractivity contribution in [1.29, 1.82) is 0 Å². The molecule has 1 aromatic carbocycles. The maximum atomic E-state index is 11.3. The van der Waals surface area contributed by atoms with Crippen LogP contribution in [0.25, 0.3) is 0 Å². The van der Waals surface area contributed by atoms with Crippen LogP contribution in [0.2, 0.25) is 0 Å². The van der Waals surface area contributed by atoms with E-state index in [0.717, 1.165) is 5.56 Å². The molecule has 6 nitrogen and oxygen atoms in total. The Morgan fingerprint density at radius 2 is 1.94 bits per heavy atom. The molecule has 0 bridgehead atoms. The van der Waals surface area contributed by atoms with Gasteiger partial charge in [-0.15, -0.1) is 5.48 Å². The van der Waals surface area contributed by atoms with E-state index in [1.807, 2.05) is 35.8 Å². The summed E-state index contributed by atoms with van der Waals surface area (Å²) in [5.41, 5.74) is 8.05. The molecule has 0 radical (unpaired) electrons. The predicted octanol–water partition coefficient (Wildman–Crippen LogP) is 0.762. The highest BCUT2D eigenvalue weighted by Gasteiger charge is 2.07. The fraction of sp³-hybridized carbons (Fsp3) is 0.333. The minimum Gasteiger partial charge on any atom is -0.446 e. The van der Waals surface area contributed by atoms with Crippen LogP contribution in [-0.2, 0) is 20.8 Å². The zero-order valence-electron chi connectivity index (χ0n) is 9.93. The maximum Gasteiger partial charge on any atom is 0.440 e. The van der Waals surface area contributed by atoms with Gasteiger partial charge in [-0.1, -0.05) is 30.3 Å². The van der Waals surface area contributed by atoms with Crippen LogP contribution in [0.15, 0.2) is 30.3 Å². The highest BCUT2D eigenvalue weighted by Crippen LogP contribution is 2.02. The summed E-state index contributed by atoms with van der Waals surface area (Å²) >= 11 is 0. The highest BCUT2D eigenvalue weighted by molar-refractivity contribution is 5.73. The number of hydrogen-bond donors (Lipinski definition) is 2. The van der Waals surface area contributed by atoms with Gasteiger partial charge in [0.15, 0.2) is 0 Å². The number of amides is 1. The summed E-state index contributed by atoms with van der Waals surface area (Å²) < 4.78 is 4.55. The Balaban J connectivity index is 2.16. The predicted molar refractivity (Wildman–Crippen MR) is 64.4 cm³/mol. The number of rotatable bonds is 5. The number of hydroxylamine groups is 1. The minimum atomic E-state index is -0.825. The molecule has 18 heavy (non-hydrogen) atoms. The van der Waals surface area contributed by atoms with Gasteiger partial charge in [-0.05, 0) is 12.0 Å². The molecule has 1 amide bonds. The minimum absolute atomic E-state index is 0.0768. The first-order chi connectivity index (χ1) is 8.72. The number of benzene rings is 1. The summed E-state index contributed by atoms with van der Waals surface area (Å²) in [7, 11) is 0. The first kappa shape index (κ1) is 14.0. The molecule has 0 aliphatic carbocycles. The summed E-state index contributed by atoms with van der Waals surface area (Å²) in [4.78, 5) is 26.7. The van der Waals surface area contributed by atoms with E-state index in [1.165, 1.54) is 0 Å². The van der Waals surface area contributed by atoms with Gasteiger partial charge in [0.2, 0.25) is 0 Å². The van der Waals surface area contributed by atoms with Crippen LogP contribution in [0.3, 0.4) is 0 Å². The molecule has 0 aliphatic heterocycles. The van der Waals surface area contributed by atoms with Crippen LogP contribution in [0.4, 0.5) is 4.79 Å². The molecule has 6 heteroatoms. The Morgan fingerprint density at radius 3 is 2.61 bits per heavy atom. The second-order valence-electron chi connectivity index (χ2n) is 3.49. The van der Waals surface area contributed by atoms with E-state index >= 15 is 0 Å². The molecular formula is C12H16N2O4. The quantitative estimate of drug-likeness (QED) is 0.755. The third-order valence-electron chi connectivity index (χ3n) is 2.06. The smallest absolute Gasteiger partial charge is 0.440 e. The third-order valence-corrected chi connectivity index (χ3v) is 2.06. The van der Waals surface area contributed by atoms with Crippen molar-refractivity contribution < 1.29 is 19.2 Å². The van der Waals surface area contributed by atoms with Crippen molar-refractivity contribution in [2.45, 2.75) is 12.8 Å². The van der Waals surface area contributed by atoms with Gasteiger partial charge in [-0.2, -0.15) is 0 Å². The fourth-order valence-electron chi connectivity index (χ4n) is 1.22. The zero-order chi connectivity index (χ0) is 13.2. The standard InChI is InChI=1S/C12H16N2O4/c13-8-9-17-12(16)14-18-11(15)7-6-10-4-2-1-3-5-10/h1-5H,6-9,13H2,(H,14,16). The molecule has 1 rings (SSSR count). The van der Waals surface area contributed by atoms with Gasteiger partial charge in [-0.25, -0.2) is 9.59 Å². The van der Waals surface area contributed by atoms with Gasteiger partial charge < -0.3 is 15.3 Å². The second-order valence-corrected chi connectivity index (χ2v) is 3.49. The molecule has 0 aliphatic rings. The first-order valence-corrected chi connectivity index (χ1v) is 5.59. The maximum absolute atomic E-state index is 11.3. The number of nitrogens with two attached hydrogens (primary N) is 1. The summed E-state index contributed by atoms with van der Waals surface area (Å²) in [6, 6.07) is 9.51. The van der Waals surface area contributed by atoms with Crippen molar-refractivity contribution >= 4 is 12.1 Å². The average molecular weight is 252 g/mol. The van der Waals surface area contributed by atoms with E-state index < -0.39 is 12.1 Å². The van der Waals surface area contributed by atoms with Crippen LogP contribution in [-0.4, -0.2) is 25.2 Å². The molecule has 0 spiro atoms. The normalized spacial score (nSPS) is 9.61. The average Bonchev–Trinajstić information content (AvgIpc) is 2.41. The second kappa shape index (κ2) is 8.08. The number of ether oxygens (including phenoxy) is 1. The Hall–Kier alpha value is -2.08. The van der Waals surface area contributed by atoms with Crippen LogP contribution >= 0.6 is 0 Å². The zero-order valence-corrected chi connectivity index (χ0v) is 9.93. The van der Waals surface area contributed by atoms with Crippen molar-refractivity contribution in [3.8, 4) is 0 Å². The molecule has 0 aromatic heterocycles. The van der Waals surface area contributed by atoms with Crippen molar-refractivity contribution in [2.75, 3.05) is 13.2 Å². The third kappa shape index (κ3) is 5.86. The molecule has 0 saturated heterocycles. The van der Waals surface area contributed by atoms with Gasteiger partial charge >= 0.3 is 12.1 Å². The van der Waals surface area contributed by atoms with E-state index in [0.29, 0.717) is 6.42 Å². The molecule has 1 aromatic rings. The molecule has 0 fully saturated rings. The van der Waals surface area contributed by atoms with Gasteiger partial charge in [0.1, 0.15) is 6.61 Å². The van der Waals surface area contributed by atoms with E-state index in [2.05, 4.69) is 9.57 Å². The Kier molecular flexibility index (Phi) is 6.27. The Morgan fingerprint density at radius 1 is 1.22 bits per heavy atom. The number of nitrogens with one attached hydrogen (secondary N) is 1. The van der Waals surface area contributed by atoms with E-state index in [-0.39, 0.29) is 19.6 Å². The Labute approximate surface area is 105 Å². The fourth-order valence-corrected chi connectivity index (χ4v) is 1.22. The van der Waals surface area contributed by atoms with Gasteiger partial charge in [-0.3, -0.25) is 0 Å². The number of hydrogen-bond acceptors (Lipinski definition) is 5. The largest absolute Gasteiger partial charge is 0.446 e. The van der Waals surface area contributed by atoms with Crippen LogP contribution < -0.4 is 11.2 Å². The summed E-state index contributed by atoms with van der Waals surface area (Å²) in [5.74, 6) is -0.524. The van der Waals surface area contributed by atoms with Crippen molar-refractivity contribution in [2.24, 2.45) is 5.73 Å². The van der Waals surface area contributed by atoms with Crippen LogP contribution in [0.5, 0.6) is 0 Å². The molecule has 0 saturated carbocycles. The van der Waals surface area contributed by atoms with Crippen molar-refractivity contribution in [3.63, 3.8) is 0 Å². The van der Waals surface area contributed by atoms with Crippen molar-refractivity contribution in [3.05, 3.63) is 35.9 Å². The SMILES string of the molecule is NCCOC(=O)NOC(=O)CCc1ccccc1. The monoisotopic (exact) mass is 252 g/mol. The van der Waals surface area contributed by atoms with Gasteiger partial charge in [0.25, 0.3) is 0 Å². The summed E-state index contributed by atoms with van der Waals surface area (Å²) in [6.07, 6.45) is -0.0890.